The van der Waals surface area contributed by atoms with Gasteiger partial charge in [0.15, 0.2) is 5.65 Å². The van der Waals surface area contributed by atoms with Crippen LogP contribution < -0.4 is 5.32 Å². The molecule has 0 aliphatic carbocycles. The Balaban J connectivity index is 2.02. The van der Waals surface area contributed by atoms with Gasteiger partial charge in [-0.2, -0.15) is 4.52 Å². The van der Waals surface area contributed by atoms with E-state index in [1.165, 1.54) is 12.1 Å². The predicted octanol–water partition coefficient (Wildman–Crippen LogP) is 2.21. The van der Waals surface area contributed by atoms with E-state index < -0.39 is 0 Å². The molecule has 2 aromatic heterocycles. The molecule has 5 nitrogen and oxygen atoms in total. The van der Waals surface area contributed by atoms with Crippen LogP contribution in [0.15, 0.2) is 49.2 Å². The summed E-state index contributed by atoms with van der Waals surface area (Å²) in [7, 11) is 0. The summed E-state index contributed by atoms with van der Waals surface area (Å²) in [5.74, 6) is -0.255. The fourth-order valence-electron chi connectivity index (χ4n) is 2.15. The van der Waals surface area contributed by atoms with Gasteiger partial charge in [-0.05, 0) is 34.2 Å². The van der Waals surface area contributed by atoms with Crippen LogP contribution in [-0.2, 0) is 6.54 Å². The van der Waals surface area contributed by atoms with Crippen molar-refractivity contribution in [3.8, 4) is 11.1 Å². The Morgan fingerprint density at radius 1 is 1.24 bits per heavy atom. The van der Waals surface area contributed by atoms with Crippen molar-refractivity contribution in [2.45, 2.75) is 6.54 Å². The molecule has 6 heteroatoms. The van der Waals surface area contributed by atoms with Crippen molar-refractivity contribution < 1.29 is 4.39 Å². The second-order valence-electron chi connectivity index (χ2n) is 4.63. The van der Waals surface area contributed by atoms with Crippen molar-refractivity contribution >= 4 is 5.65 Å². The third kappa shape index (κ3) is 2.80. The number of halogens is 1. The second kappa shape index (κ2) is 5.80. The van der Waals surface area contributed by atoms with E-state index >= 15 is 0 Å². The molecule has 0 atom stereocenters. The standard InChI is InChI=1S/C15H14FN5/c1-2-7-17-9-12-8-13(10-21-15(12)18-19-20-21)11-3-5-14(16)6-4-11/h2-6,8,10,17H,1,7,9H2. The zero-order valence-electron chi connectivity index (χ0n) is 11.3. The van der Waals surface area contributed by atoms with Crippen LogP contribution >= 0.6 is 0 Å². The molecule has 0 aliphatic heterocycles. The Kier molecular flexibility index (Phi) is 3.70. The van der Waals surface area contributed by atoms with Gasteiger partial charge in [0.25, 0.3) is 0 Å². The predicted molar refractivity (Wildman–Crippen MR) is 78.1 cm³/mol. The normalized spacial score (nSPS) is 10.9. The van der Waals surface area contributed by atoms with E-state index in [4.69, 9.17) is 0 Å². The zero-order valence-corrected chi connectivity index (χ0v) is 11.3. The van der Waals surface area contributed by atoms with E-state index in [0.717, 1.165) is 16.7 Å². The lowest BCUT2D eigenvalue weighted by Crippen LogP contribution is -2.13. The number of aromatic nitrogens is 4. The maximum absolute atomic E-state index is 13.0. The minimum absolute atomic E-state index is 0.255. The number of rotatable bonds is 5. The summed E-state index contributed by atoms with van der Waals surface area (Å²) < 4.78 is 14.7. The van der Waals surface area contributed by atoms with Gasteiger partial charge in [0, 0.05) is 30.4 Å². The van der Waals surface area contributed by atoms with Crippen molar-refractivity contribution in [1.29, 1.82) is 0 Å². The Morgan fingerprint density at radius 3 is 2.81 bits per heavy atom. The third-order valence-electron chi connectivity index (χ3n) is 3.15. The van der Waals surface area contributed by atoms with E-state index in [-0.39, 0.29) is 5.82 Å². The number of hydrogen-bond donors (Lipinski definition) is 1. The summed E-state index contributed by atoms with van der Waals surface area (Å²) in [6, 6.07) is 8.36. The molecule has 0 saturated carbocycles. The van der Waals surface area contributed by atoms with Crippen LogP contribution in [-0.4, -0.2) is 26.6 Å². The first kappa shape index (κ1) is 13.4. The maximum Gasteiger partial charge on any atom is 0.183 e. The molecule has 0 spiro atoms. The molecule has 0 unspecified atom stereocenters. The first-order valence-corrected chi connectivity index (χ1v) is 6.56. The molecule has 0 bridgehead atoms. The molecule has 21 heavy (non-hydrogen) atoms. The lowest BCUT2D eigenvalue weighted by Gasteiger charge is -2.07. The average Bonchev–Trinajstić information content (AvgIpc) is 2.96. The highest BCUT2D eigenvalue weighted by Crippen LogP contribution is 2.22. The largest absolute Gasteiger partial charge is 0.309 e. The number of nitrogens with zero attached hydrogens (tertiary/aromatic N) is 4. The monoisotopic (exact) mass is 283 g/mol. The van der Waals surface area contributed by atoms with Gasteiger partial charge >= 0.3 is 0 Å². The fraction of sp³-hybridized carbons (Fsp3) is 0.133. The van der Waals surface area contributed by atoms with Gasteiger partial charge in [0.1, 0.15) is 5.82 Å². The van der Waals surface area contributed by atoms with Gasteiger partial charge < -0.3 is 5.32 Å². The van der Waals surface area contributed by atoms with Gasteiger partial charge in [0.2, 0.25) is 0 Å². The molecular weight excluding hydrogens is 269 g/mol. The van der Waals surface area contributed by atoms with Crippen LogP contribution in [0.2, 0.25) is 0 Å². The highest BCUT2D eigenvalue weighted by atomic mass is 19.1. The smallest absolute Gasteiger partial charge is 0.183 e. The molecule has 1 N–H and O–H groups in total. The van der Waals surface area contributed by atoms with Gasteiger partial charge in [-0.3, -0.25) is 0 Å². The minimum Gasteiger partial charge on any atom is -0.309 e. The molecule has 0 saturated heterocycles. The molecule has 3 rings (SSSR count). The number of tetrazole rings is 1. The van der Waals surface area contributed by atoms with Crippen LogP contribution in [0, 0.1) is 5.82 Å². The van der Waals surface area contributed by atoms with Gasteiger partial charge in [-0.15, -0.1) is 11.7 Å². The first-order chi connectivity index (χ1) is 10.3. The quantitative estimate of drug-likeness (QED) is 0.576. The van der Waals surface area contributed by atoms with Crippen molar-refractivity contribution in [3.05, 3.63) is 60.6 Å². The summed E-state index contributed by atoms with van der Waals surface area (Å²) in [5, 5.41) is 14.9. The van der Waals surface area contributed by atoms with E-state index in [0.29, 0.717) is 18.7 Å². The molecular formula is C15H14FN5. The topological polar surface area (TPSA) is 55.1 Å². The first-order valence-electron chi connectivity index (χ1n) is 6.56. The zero-order chi connectivity index (χ0) is 14.7. The fourth-order valence-corrected chi connectivity index (χ4v) is 2.15. The molecule has 106 valence electrons. The van der Waals surface area contributed by atoms with Crippen LogP contribution in [0.25, 0.3) is 16.8 Å². The summed E-state index contributed by atoms with van der Waals surface area (Å²) in [5.41, 5.74) is 3.53. The van der Waals surface area contributed by atoms with Crippen molar-refractivity contribution in [1.82, 2.24) is 25.4 Å². The van der Waals surface area contributed by atoms with Crippen molar-refractivity contribution in [2.24, 2.45) is 0 Å². The van der Waals surface area contributed by atoms with Crippen molar-refractivity contribution in [2.75, 3.05) is 6.54 Å². The maximum atomic E-state index is 13.0. The van der Waals surface area contributed by atoms with E-state index in [9.17, 15) is 4.39 Å². The average molecular weight is 283 g/mol. The number of benzene rings is 1. The lowest BCUT2D eigenvalue weighted by molar-refractivity contribution is 0.628. The lowest BCUT2D eigenvalue weighted by atomic mass is 10.1. The molecule has 0 radical (unpaired) electrons. The number of fused-ring (bicyclic) bond motifs is 1. The number of pyridine rings is 1. The summed E-state index contributed by atoms with van der Waals surface area (Å²) in [6.45, 7) is 5.01. The molecule has 0 fully saturated rings. The van der Waals surface area contributed by atoms with Gasteiger partial charge in [-0.1, -0.05) is 18.2 Å². The molecule has 0 aliphatic rings. The number of nitrogens with one attached hydrogen (secondary N) is 1. The van der Waals surface area contributed by atoms with E-state index in [1.807, 2.05) is 12.3 Å². The summed E-state index contributed by atoms with van der Waals surface area (Å²) >= 11 is 0. The molecule has 2 heterocycles. The Morgan fingerprint density at radius 2 is 2.05 bits per heavy atom. The highest BCUT2D eigenvalue weighted by Gasteiger charge is 2.08. The molecule has 3 aromatic rings. The third-order valence-corrected chi connectivity index (χ3v) is 3.15. The molecule has 0 amide bonds. The van der Waals surface area contributed by atoms with Gasteiger partial charge in [0.05, 0.1) is 0 Å². The summed E-state index contributed by atoms with van der Waals surface area (Å²) in [6.07, 6.45) is 3.63. The van der Waals surface area contributed by atoms with Crippen LogP contribution in [0.5, 0.6) is 0 Å². The van der Waals surface area contributed by atoms with Crippen LogP contribution in [0.3, 0.4) is 0 Å². The van der Waals surface area contributed by atoms with E-state index in [1.54, 1.807) is 22.7 Å². The summed E-state index contributed by atoms with van der Waals surface area (Å²) in [4.78, 5) is 0. The van der Waals surface area contributed by atoms with Crippen LogP contribution in [0.4, 0.5) is 4.39 Å². The SMILES string of the molecule is C=CCNCc1cc(-c2ccc(F)cc2)cn2nnnc12. The van der Waals surface area contributed by atoms with Gasteiger partial charge in [-0.25, -0.2) is 4.39 Å². The Hall–Kier alpha value is -2.60. The highest BCUT2D eigenvalue weighted by molar-refractivity contribution is 5.66. The minimum atomic E-state index is -0.255. The van der Waals surface area contributed by atoms with E-state index in [2.05, 4.69) is 27.4 Å². The number of hydrogen-bond acceptors (Lipinski definition) is 4. The van der Waals surface area contributed by atoms with Crippen LogP contribution in [0.1, 0.15) is 5.56 Å². The Bertz CT molecular complexity index is 763. The Labute approximate surface area is 121 Å². The second-order valence-corrected chi connectivity index (χ2v) is 4.63. The van der Waals surface area contributed by atoms with Crippen molar-refractivity contribution in [3.63, 3.8) is 0 Å². The molecule has 1 aromatic carbocycles.